The maximum atomic E-state index is 11.8. The summed E-state index contributed by atoms with van der Waals surface area (Å²) >= 11 is 0. The highest BCUT2D eigenvalue weighted by Gasteiger charge is 2.23. The molecule has 1 rings (SSSR count). The lowest BCUT2D eigenvalue weighted by molar-refractivity contribution is 0.0919. The Hall–Kier alpha value is -1.69. The van der Waals surface area contributed by atoms with Crippen LogP contribution in [-0.2, 0) is 0 Å². The second-order valence-electron chi connectivity index (χ2n) is 5.27. The zero-order valence-corrected chi connectivity index (χ0v) is 11.3. The van der Waals surface area contributed by atoms with E-state index >= 15 is 0 Å². The van der Waals surface area contributed by atoms with Gasteiger partial charge in [0.2, 0.25) is 0 Å². The first-order valence-electron chi connectivity index (χ1n) is 5.95. The van der Waals surface area contributed by atoms with Crippen molar-refractivity contribution in [1.82, 2.24) is 15.5 Å². The molecule has 1 aromatic heterocycles. The number of rotatable bonds is 5. The highest BCUT2D eigenvalue weighted by Crippen LogP contribution is 2.24. The molecule has 0 fully saturated rings. The molecule has 1 amide bonds. The van der Waals surface area contributed by atoms with E-state index in [2.05, 4.69) is 48.6 Å². The van der Waals surface area contributed by atoms with E-state index in [0.717, 1.165) is 0 Å². The van der Waals surface area contributed by atoms with Gasteiger partial charge in [0.15, 0.2) is 11.5 Å². The number of nitrogens with two attached hydrogens (primary N) is 1. The second-order valence-corrected chi connectivity index (χ2v) is 5.27. The van der Waals surface area contributed by atoms with E-state index in [-0.39, 0.29) is 17.0 Å². The Balaban J connectivity index is 2.60. The number of carbonyl (C=O) groups excluding carboxylic acids is 1. The van der Waals surface area contributed by atoms with Crippen LogP contribution in [0, 0.1) is 11.3 Å². The number of nitrogen functional groups attached to an aromatic ring is 1. The number of nitrogens with one attached hydrogen (secondary N) is 2. The molecule has 18 heavy (non-hydrogen) atoms. The molecular formula is C12H21N5O. The molecule has 0 aromatic carbocycles. The van der Waals surface area contributed by atoms with Gasteiger partial charge in [0.05, 0.1) is 0 Å². The average Bonchev–Trinajstić information content (AvgIpc) is 2.36. The summed E-state index contributed by atoms with van der Waals surface area (Å²) in [5, 5.41) is 10.4. The fourth-order valence-electron chi connectivity index (χ4n) is 1.13. The molecule has 0 bridgehead atoms. The fourth-order valence-corrected chi connectivity index (χ4v) is 1.13. The normalized spacial score (nSPS) is 11.4. The smallest absolute Gasteiger partial charge is 0.271 e. The van der Waals surface area contributed by atoms with Gasteiger partial charge in [-0.15, -0.1) is 10.2 Å². The van der Waals surface area contributed by atoms with Gasteiger partial charge >= 0.3 is 0 Å². The van der Waals surface area contributed by atoms with Crippen molar-refractivity contribution in [2.45, 2.75) is 27.7 Å². The lowest BCUT2D eigenvalue weighted by Crippen LogP contribution is -2.37. The van der Waals surface area contributed by atoms with Crippen LogP contribution >= 0.6 is 0 Å². The van der Waals surface area contributed by atoms with E-state index in [4.69, 9.17) is 5.84 Å². The van der Waals surface area contributed by atoms with Crippen LogP contribution in [0.4, 0.5) is 5.82 Å². The maximum Gasteiger partial charge on any atom is 0.271 e. The fraction of sp³-hybridized carbons (Fsp3) is 0.583. The molecule has 0 saturated heterocycles. The van der Waals surface area contributed by atoms with Crippen molar-refractivity contribution in [1.29, 1.82) is 0 Å². The van der Waals surface area contributed by atoms with Crippen molar-refractivity contribution >= 4 is 11.7 Å². The van der Waals surface area contributed by atoms with Gasteiger partial charge in [0.1, 0.15) is 0 Å². The van der Waals surface area contributed by atoms with Crippen LogP contribution in [0.1, 0.15) is 38.2 Å². The summed E-state index contributed by atoms with van der Waals surface area (Å²) in [5.74, 6) is 5.85. The second kappa shape index (κ2) is 5.77. The van der Waals surface area contributed by atoms with Gasteiger partial charge in [-0.1, -0.05) is 27.7 Å². The molecule has 1 heterocycles. The minimum absolute atomic E-state index is 0.0435. The van der Waals surface area contributed by atoms with Crippen LogP contribution in [0.3, 0.4) is 0 Å². The molecular weight excluding hydrogens is 230 g/mol. The van der Waals surface area contributed by atoms with Crippen LogP contribution in [0.15, 0.2) is 12.1 Å². The summed E-state index contributed by atoms with van der Waals surface area (Å²) in [6.45, 7) is 9.10. The molecule has 0 radical (unpaired) electrons. The molecule has 1 aromatic rings. The van der Waals surface area contributed by atoms with Crippen molar-refractivity contribution in [3.63, 3.8) is 0 Å². The molecule has 6 heteroatoms. The van der Waals surface area contributed by atoms with E-state index in [0.29, 0.717) is 18.3 Å². The number of amides is 1. The lowest BCUT2D eigenvalue weighted by atomic mass is 9.81. The first-order chi connectivity index (χ1) is 8.36. The van der Waals surface area contributed by atoms with Crippen molar-refractivity contribution in [2.75, 3.05) is 12.0 Å². The third-order valence-electron chi connectivity index (χ3n) is 3.31. The SMILES string of the molecule is CC(C)C(C)(C)CNC(=O)c1ccc(NN)nn1. The van der Waals surface area contributed by atoms with Crippen molar-refractivity contribution in [3.05, 3.63) is 17.8 Å². The van der Waals surface area contributed by atoms with Crippen molar-refractivity contribution < 1.29 is 4.79 Å². The van der Waals surface area contributed by atoms with Crippen molar-refractivity contribution in [3.8, 4) is 0 Å². The third-order valence-corrected chi connectivity index (χ3v) is 3.31. The summed E-state index contributed by atoms with van der Waals surface area (Å²) in [7, 11) is 0. The Bertz CT molecular complexity index is 399. The minimum Gasteiger partial charge on any atom is -0.350 e. The molecule has 0 saturated carbocycles. The first-order valence-corrected chi connectivity index (χ1v) is 5.95. The highest BCUT2D eigenvalue weighted by molar-refractivity contribution is 5.92. The zero-order valence-electron chi connectivity index (χ0n) is 11.3. The summed E-state index contributed by atoms with van der Waals surface area (Å²) in [6, 6.07) is 3.19. The monoisotopic (exact) mass is 251 g/mol. The van der Waals surface area contributed by atoms with Crippen molar-refractivity contribution in [2.24, 2.45) is 17.2 Å². The molecule has 0 aliphatic heterocycles. The van der Waals surface area contributed by atoms with Crippen LogP contribution in [0.5, 0.6) is 0 Å². The predicted octanol–water partition coefficient (Wildman–Crippen LogP) is 1.17. The Morgan fingerprint density at radius 3 is 2.50 bits per heavy atom. The topological polar surface area (TPSA) is 92.9 Å². The average molecular weight is 251 g/mol. The van der Waals surface area contributed by atoms with Crippen LogP contribution in [0.25, 0.3) is 0 Å². The molecule has 0 aliphatic rings. The van der Waals surface area contributed by atoms with E-state index in [9.17, 15) is 4.79 Å². The Kier molecular flexibility index (Phi) is 4.61. The molecule has 6 nitrogen and oxygen atoms in total. The number of nitrogens with zero attached hydrogens (tertiary/aromatic N) is 2. The molecule has 4 N–H and O–H groups in total. The van der Waals surface area contributed by atoms with E-state index < -0.39 is 0 Å². The maximum absolute atomic E-state index is 11.8. The molecule has 0 unspecified atom stereocenters. The van der Waals surface area contributed by atoms with Crippen LogP contribution in [-0.4, -0.2) is 22.6 Å². The van der Waals surface area contributed by atoms with E-state index in [1.165, 1.54) is 0 Å². The van der Waals surface area contributed by atoms with Crippen LogP contribution in [0.2, 0.25) is 0 Å². The lowest BCUT2D eigenvalue weighted by Gasteiger charge is -2.29. The minimum atomic E-state index is -0.222. The van der Waals surface area contributed by atoms with Gasteiger partial charge in [-0.25, -0.2) is 5.84 Å². The van der Waals surface area contributed by atoms with Gasteiger partial charge in [-0.05, 0) is 23.5 Å². The molecule has 0 aliphatic carbocycles. The zero-order chi connectivity index (χ0) is 13.8. The number of hydrogen-bond donors (Lipinski definition) is 3. The summed E-state index contributed by atoms with van der Waals surface area (Å²) in [5.41, 5.74) is 2.69. The standard InChI is InChI=1S/C12H21N5O/c1-8(2)12(3,4)7-14-11(18)9-5-6-10(15-13)17-16-9/h5-6,8H,7,13H2,1-4H3,(H,14,18)(H,15,17). The third kappa shape index (κ3) is 3.66. The Morgan fingerprint density at radius 2 is 2.06 bits per heavy atom. The first kappa shape index (κ1) is 14.4. The summed E-state index contributed by atoms with van der Waals surface area (Å²) in [6.07, 6.45) is 0. The number of aromatic nitrogens is 2. The summed E-state index contributed by atoms with van der Waals surface area (Å²) in [4.78, 5) is 11.8. The Labute approximate surface area is 107 Å². The van der Waals surface area contributed by atoms with Gasteiger partial charge in [-0.3, -0.25) is 4.79 Å². The van der Waals surface area contributed by atoms with Crippen LogP contribution < -0.4 is 16.6 Å². The Morgan fingerprint density at radius 1 is 1.39 bits per heavy atom. The predicted molar refractivity (Wildman–Crippen MR) is 70.8 cm³/mol. The van der Waals surface area contributed by atoms with Gasteiger partial charge in [0.25, 0.3) is 5.91 Å². The highest BCUT2D eigenvalue weighted by atomic mass is 16.1. The van der Waals surface area contributed by atoms with Gasteiger partial charge in [0, 0.05) is 6.54 Å². The molecule has 100 valence electrons. The number of hydrogen-bond acceptors (Lipinski definition) is 5. The number of hydrazine groups is 1. The van der Waals surface area contributed by atoms with E-state index in [1.807, 2.05) is 0 Å². The molecule has 0 atom stereocenters. The number of anilines is 1. The van der Waals surface area contributed by atoms with E-state index in [1.54, 1.807) is 12.1 Å². The van der Waals surface area contributed by atoms with Gasteiger partial charge in [-0.2, -0.15) is 0 Å². The van der Waals surface area contributed by atoms with Gasteiger partial charge < -0.3 is 10.7 Å². The largest absolute Gasteiger partial charge is 0.350 e. The summed E-state index contributed by atoms with van der Waals surface area (Å²) < 4.78 is 0. The quantitative estimate of drug-likeness (QED) is 0.539. The molecule has 0 spiro atoms. The number of carbonyl (C=O) groups is 1.